The van der Waals surface area contributed by atoms with E-state index in [2.05, 4.69) is 18.6 Å². The summed E-state index contributed by atoms with van der Waals surface area (Å²) in [6, 6.07) is 0. The molecule has 112 valence electrons. The molecule has 0 atom stereocenters. The molecule has 0 aliphatic rings. The molecule has 0 aliphatic carbocycles. The summed E-state index contributed by atoms with van der Waals surface area (Å²) in [6.07, 6.45) is 4.80. The van der Waals surface area contributed by atoms with Gasteiger partial charge in [0.25, 0.3) is 0 Å². The molecule has 0 saturated carbocycles. The molecule has 0 aromatic rings. The van der Waals surface area contributed by atoms with Crippen LogP contribution in [0.1, 0.15) is 46.0 Å². The van der Waals surface area contributed by atoms with Crippen molar-refractivity contribution in [1.82, 2.24) is 0 Å². The molecule has 0 amide bonds. The lowest BCUT2D eigenvalue weighted by atomic mass is 10.4. The Morgan fingerprint density at radius 1 is 1.00 bits per heavy atom. The van der Waals surface area contributed by atoms with Crippen molar-refractivity contribution in [3.05, 3.63) is 0 Å². The smallest absolute Gasteiger partial charge is 0.356 e. The van der Waals surface area contributed by atoms with Gasteiger partial charge in [0.15, 0.2) is 0 Å². The Labute approximate surface area is 119 Å². The molecule has 0 N–H and O–H groups in total. The van der Waals surface area contributed by atoms with Crippen molar-refractivity contribution < 1.29 is 19.1 Å². The number of carbonyl (C=O) groups excluding carboxylic acids is 2. The number of ether oxygens (including phenoxy) is 2. The summed E-state index contributed by atoms with van der Waals surface area (Å²) in [7, 11) is 1.47. The molecule has 5 heteroatoms. The predicted molar refractivity (Wildman–Crippen MR) is 79.4 cm³/mol. The second-order valence-electron chi connectivity index (χ2n) is 4.42. The van der Waals surface area contributed by atoms with Crippen molar-refractivity contribution in [1.29, 1.82) is 0 Å². The third kappa shape index (κ3) is 10.9. The van der Waals surface area contributed by atoms with E-state index >= 15 is 0 Å². The van der Waals surface area contributed by atoms with Gasteiger partial charge in [-0.3, -0.25) is 4.79 Å². The van der Waals surface area contributed by atoms with Gasteiger partial charge in [-0.15, -0.1) is 0 Å². The Morgan fingerprint density at radius 2 is 1.58 bits per heavy atom. The summed E-state index contributed by atoms with van der Waals surface area (Å²) in [6.45, 7) is 4.45. The normalized spacial score (nSPS) is 10.5. The number of carbonyl (C=O) groups is 2. The average molecular weight is 291 g/mol. The summed E-state index contributed by atoms with van der Waals surface area (Å²) in [5.74, 6) is 2.20. The van der Waals surface area contributed by atoms with Crippen LogP contribution in [0, 0.1) is 0 Å². The standard InChI is InChI=1S/C14H27O4S/c1-4-6-10-19(11-7-5-2)12-14(16)18-9-8-13(15)17-3/h4-12H2,1-3H3/q+1. The highest BCUT2D eigenvalue weighted by Crippen LogP contribution is 2.06. The third-order valence-electron chi connectivity index (χ3n) is 2.69. The van der Waals surface area contributed by atoms with Crippen molar-refractivity contribution in [2.24, 2.45) is 0 Å². The minimum Gasteiger partial charge on any atom is -0.469 e. The minimum atomic E-state index is -0.344. The fourth-order valence-corrected chi connectivity index (χ4v) is 3.81. The van der Waals surface area contributed by atoms with E-state index in [-0.39, 0.29) is 35.9 Å². The maximum atomic E-state index is 11.7. The summed E-state index contributed by atoms with van der Waals surface area (Å²) < 4.78 is 9.56. The van der Waals surface area contributed by atoms with E-state index < -0.39 is 0 Å². The van der Waals surface area contributed by atoms with Gasteiger partial charge >= 0.3 is 11.9 Å². The molecular formula is C14H27O4S+. The number of hydrogen-bond donors (Lipinski definition) is 0. The Bertz CT molecular complexity index is 248. The first-order valence-corrected chi connectivity index (χ1v) is 8.73. The molecule has 4 nitrogen and oxygen atoms in total. The summed E-state index contributed by atoms with van der Waals surface area (Å²) in [4.78, 5) is 22.6. The minimum absolute atomic E-state index is 0.129. The van der Waals surface area contributed by atoms with Crippen LogP contribution in [-0.4, -0.2) is 42.9 Å². The van der Waals surface area contributed by atoms with Gasteiger partial charge in [-0.2, -0.15) is 0 Å². The van der Waals surface area contributed by atoms with Gasteiger partial charge in [0.05, 0.1) is 13.5 Å². The van der Waals surface area contributed by atoms with Crippen LogP contribution in [0.15, 0.2) is 0 Å². The van der Waals surface area contributed by atoms with E-state index in [1.54, 1.807) is 0 Å². The predicted octanol–water partition coefficient (Wildman–Crippen LogP) is 2.31. The lowest BCUT2D eigenvalue weighted by Crippen LogP contribution is -2.25. The number of methoxy groups -OCH3 is 1. The molecule has 0 radical (unpaired) electrons. The maximum absolute atomic E-state index is 11.7. The van der Waals surface area contributed by atoms with E-state index in [4.69, 9.17) is 4.74 Å². The van der Waals surface area contributed by atoms with Gasteiger partial charge in [0, 0.05) is 0 Å². The second kappa shape index (κ2) is 12.3. The van der Waals surface area contributed by atoms with Gasteiger partial charge in [-0.25, -0.2) is 4.79 Å². The summed E-state index contributed by atoms with van der Waals surface area (Å²) in [5, 5.41) is 0. The Kier molecular flexibility index (Phi) is 11.9. The topological polar surface area (TPSA) is 52.6 Å². The lowest BCUT2D eigenvalue weighted by Gasteiger charge is -2.08. The Morgan fingerprint density at radius 3 is 2.05 bits per heavy atom. The maximum Gasteiger partial charge on any atom is 0.356 e. The van der Waals surface area contributed by atoms with Gasteiger partial charge in [0.1, 0.15) is 18.1 Å². The molecule has 0 bridgehead atoms. The SMILES string of the molecule is CCCC[S+](CCCC)CC(=O)OCCC(=O)OC. The van der Waals surface area contributed by atoms with Crippen LogP contribution < -0.4 is 0 Å². The molecule has 0 aromatic carbocycles. The average Bonchev–Trinajstić information content (AvgIpc) is 2.41. The van der Waals surface area contributed by atoms with Crippen LogP contribution >= 0.6 is 0 Å². The van der Waals surface area contributed by atoms with Gasteiger partial charge < -0.3 is 9.47 Å². The Hall–Kier alpha value is -0.710. The van der Waals surface area contributed by atoms with Gasteiger partial charge in [-0.1, -0.05) is 26.7 Å². The quantitative estimate of drug-likeness (QED) is 0.433. The van der Waals surface area contributed by atoms with Crippen molar-refractivity contribution in [3.63, 3.8) is 0 Å². The second-order valence-corrected chi connectivity index (χ2v) is 6.75. The number of esters is 2. The van der Waals surface area contributed by atoms with E-state index in [1.807, 2.05) is 0 Å². The molecule has 0 unspecified atom stereocenters. The highest BCUT2D eigenvalue weighted by atomic mass is 32.2. The molecule has 0 rings (SSSR count). The van der Waals surface area contributed by atoms with Crippen molar-refractivity contribution in [3.8, 4) is 0 Å². The highest BCUT2D eigenvalue weighted by Gasteiger charge is 2.22. The van der Waals surface area contributed by atoms with Crippen molar-refractivity contribution in [2.45, 2.75) is 46.0 Å². The lowest BCUT2D eigenvalue weighted by molar-refractivity contribution is -0.146. The van der Waals surface area contributed by atoms with Crippen LogP contribution in [0.4, 0.5) is 0 Å². The fraction of sp³-hybridized carbons (Fsp3) is 0.857. The number of hydrogen-bond acceptors (Lipinski definition) is 4. The van der Waals surface area contributed by atoms with Crippen LogP contribution in [-0.2, 0) is 30.0 Å². The molecule has 0 spiro atoms. The fourth-order valence-electron chi connectivity index (χ4n) is 1.50. The number of unbranched alkanes of at least 4 members (excludes halogenated alkanes) is 2. The van der Waals surface area contributed by atoms with Crippen LogP contribution in [0.25, 0.3) is 0 Å². The molecule has 0 aromatic heterocycles. The van der Waals surface area contributed by atoms with Crippen LogP contribution in [0.3, 0.4) is 0 Å². The highest BCUT2D eigenvalue weighted by molar-refractivity contribution is 7.97. The largest absolute Gasteiger partial charge is 0.469 e. The third-order valence-corrected chi connectivity index (χ3v) is 5.07. The van der Waals surface area contributed by atoms with Crippen LogP contribution in [0.5, 0.6) is 0 Å². The first-order chi connectivity index (χ1) is 9.13. The van der Waals surface area contributed by atoms with Crippen molar-refractivity contribution >= 4 is 22.8 Å². The zero-order valence-corrected chi connectivity index (χ0v) is 13.2. The Balaban J connectivity index is 3.89. The first-order valence-electron chi connectivity index (χ1n) is 7.00. The van der Waals surface area contributed by atoms with E-state index in [0.29, 0.717) is 5.75 Å². The molecule has 19 heavy (non-hydrogen) atoms. The number of rotatable bonds is 11. The summed E-state index contributed by atoms with van der Waals surface area (Å²) in [5.41, 5.74) is 0. The van der Waals surface area contributed by atoms with E-state index in [1.165, 1.54) is 20.0 Å². The monoisotopic (exact) mass is 291 g/mol. The zero-order chi connectivity index (χ0) is 14.5. The molecule has 0 heterocycles. The van der Waals surface area contributed by atoms with Crippen LogP contribution in [0.2, 0.25) is 0 Å². The molecular weight excluding hydrogens is 264 g/mol. The van der Waals surface area contributed by atoms with Gasteiger partial charge in [-0.05, 0) is 23.7 Å². The van der Waals surface area contributed by atoms with E-state index in [9.17, 15) is 9.59 Å². The summed E-state index contributed by atoms with van der Waals surface area (Å²) >= 11 is 0. The van der Waals surface area contributed by atoms with Gasteiger partial charge in [0.2, 0.25) is 5.75 Å². The molecule has 0 fully saturated rings. The first kappa shape index (κ1) is 18.3. The molecule has 0 aliphatic heterocycles. The zero-order valence-electron chi connectivity index (χ0n) is 12.4. The van der Waals surface area contributed by atoms with E-state index in [0.717, 1.165) is 24.3 Å². The van der Waals surface area contributed by atoms with Crippen molar-refractivity contribution in [2.75, 3.05) is 31.0 Å². The molecule has 0 saturated heterocycles.